The Labute approximate surface area is 211 Å². The van der Waals surface area contributed by atoms with Crippen molar-refractivity contribution in [3.05, 3.63) is 35.5 Å². The minimum Gasteiger partial charge on any atom is -0.377 e. The second kappa shape index (κ2) is 10.4. The maximum Gasteiger partial charge on any atom is 0.319 e. The second-order valence-corrected chi connectivity index (χ2v) is 9.60. The molecule has 1 aromatic heterocycles. The van der Waals surface area contributed by atoms with Crippen molar-refractivity contribution in [2.45, 2.75) is 51.2 Å². The predicted octanol–water partition coefficient (Wildman–Crippen LogP) is 2.74. The SMILES string of the molecule is CCNC(=O)Nc1ccc(-c2nc3c(c(N4CCOC[C@@H]4C)n2)C[C@@H]2CC[C@H]3N2C(=O)COC)cc1. The molecule has 0 unspecified atom stereocenters. The van der Waals surface area contributed by atoms with Crippen LogP contribution in [0.2, 0.25) is 0 Å². The Kier molecular flexibility index (Phi) is 7.06. The van der Waals surface area contributed by atoms with Crippen molar-refractivity contribution in [1.82, 2.24) is 20.2 Å². The Bertz CT molecular complexity index is 1120. The number of carbonyl (C=O) groups is 2. The molecule has 10 nitrogen and oxygen atoms in total. The van der Waals surface area contributed by atoms with Gasteiger partial charge in [-0.25, -0.2) is 14.8 Å². The number of benzene rings is 1. The zero-order valence-electron chi connectivity index (χ0n) is 21.1. The fraction of sp³-hybridized carbons (Fsp3) is 0.538. The summed E-state index contributed by atoms with van der Waals surface area (Å²) in [7, 11) is 1.56. The summed E-state index contributed by atoms with van der Waals surface area (Å²) in [5.74, 6) is 1.58. The number of urea groups is 1. The zero-order valence-corrected chi connectivity index (χ0v) is 21.1. The Morgan fingerprint density at radius 2 is 2.00 bits per heavy atom. The van der Waals surface area contributed by atoms with Crippen LogP contribution >= 0.6 is 0 Å². The molecule has 0 saturated carbocycles. The number of hydrogen-bond donors (Lipinski definition) is 2. The molecule has 2 bridgehead atoms. The van der Waals surface area contributed by atoms with E-state index < -0.39 is 0 Å². The van der Waals surface area contributed by atoms with Gasteiger partial charge in [0.25, 0.3) is 0 Å². The molecule has 0 spiro atoms. The predicted molar refractivity (Wildman–Crippen MR) is 136 cm³/mol. The number of anilines is 2. The summed E-state index contributed by atoms with van der Waals surface area (Å²) in [6.07, 6.45) is 2.58. The maximum atomic E-state index is 12.9. The van der Waals surface area contributed by atoms with Gasteiger partial charge in [-0.1, -0.05) is 0 Å². The van der Waals surface area contributed by atoms with E-state index in [1.165, 1.54) is 0 Å². The number of hydrogen-bond acceptors (Lipinski definition) is 7. The number of nitrogens with one attached hydrogen (secondary N) is 2. The summed E-state index contributed by atoms with van der Waals surface area (Å²) >= 11 is 0. The molecular weight excluding hydrogens is 460 g/mol. The molecule has 2 saturated heterocycles. The number of morpholine rings is 1. The average Bonchev–Trinajstić information content (AvgIpc) is 3.20. The number of amides is 3. The molecule has 3 aliphatic heterocycles. The van der Waals surface area contributed by atoms with E-state index in [1.807, 2.05) is 36.1 Å². The zero-order chi connectivity index (χ0) is 25.2. The first-order chi connectivity index (χ1) is 17.5. The number of aromatic nitrogens is 2. The van der Waals surface area contributed by atoms with Gasteiger partial charge >= 0.3 is 6.03 Å². The maximum absolute atomic E-state index is 12.9. The van der Waals surface area contributed by atoms with Crippen molar-refractivity contribution in [3.8, 4) is 11.4 Å². The van der Waals surface area contributed by atoms with Crippen LogP contribution in [0.25, 0.3) is 11.4 Å². The van der Waals surface area contributed by atoms with Gasteiger partial charge in [0.2, 0.25) is 5.91 Å². The van der Waals surface area contributed by atoms with Crippen LogP contribution in [-0.2, 0) is 20.7 Å². The first kappa shape index (κ1) is 24.5. The highest BCUT2D eigenvalue weighted by Gasteiger charge is 2.45. The molecule has 3 aliphatic rings. The lowest BCUT2D eigenvalue weighted by molar-refractivity contribution is -0.138. The highest BCUT2D eigenvalue weighted by Crippen LogP contribution is 2.46. The van der Waals surface area contributed by atoms with E-state index in [0.29, 0.717) is 31.3 Å². The fourth-order valence-electron chi connectivity index (χ4n) is 5.57. The van der Waals surface area contributed by atoms with Gasteiger partial charge in [0.1, 0.15) is 12.4 Å². The van der Waals surface area contributed by atoms with Crippen LogP contribution in [0.15, 0.2) is 24.3 Å². The molecule has 36 heavy (non-hydrogen) atoms. The van der Waals surface area contributed by atoms with Crippen molar-refractivity contribution in [1.29, 1.82) is 0 Å². The Hall–Kier alpha value is -3.24. The topological polar surface area (TPSA) is 109 Å². The van der Waals surface area contributed by atoms with Gasteiger partial charge in [0.15, 0.2) is 5.82 Å². The molecule has 0 radical (unpaired) electrons. The minimum absolute atomic E-state index is 0.0119. The summed E-state index contributed by atoms with van der Waals surface area (Å²) in [5, 5.41) is 5.55. The van der Waals surface area contributed by atoms with Crippen LogP contribution in [-0.4, -0.2) is 78.9 Å². The van der Waals surface area contributed by atoms with E-state index in [2.05, 4.69) is 22.5 Å². The molecule has 10 heteroatoms. The Balaban J connectivity index is 1.54. The Morgan fingerprint density at radius 1 is 1.19 bits per heavy atom. The van der Waals surface area contributed by atoms with Crippen molar-refractivity contribution < 1.29 is 19.1 Å². The number of fused-ring (bicyclic) bond motifs is 4. The highest BCUT2D eigenvalue weighted by atomic mass is 16.5. The van der Waals surface area contributed by atoms with Crippen LogP contribution < -0.4 is 15.5 Å². The molecule has 0 aliphatic carbocycles. The second-order valence-electron chi connectivity index (χ2n) is 9.60. The molecule has 1 aromatic carbocycles. The van der Waals surface area contributed by atoms with E-state index in [0.717, 1.165) is 48.4 Å². The average molecular weight is 495 g/mol. The van der Waals surface area contributed by atoms with E-state index in [4.69, 9.17) is 19.4 Å². The van der Waals surface area contributed by atoms with Gasteiger partial charge in [-0.05, 0) is 57.4 Å². The largest absolute Gasteiger partial charge is 0.377 e. The molecule has 192 valence electrons. The third kappa shape index (κ3) is 4.62. The van der Waals surface area contributed by atoms with Crippen molar-refractivity contribution in [2.75, 3.05) is 50.2 Å². The molecule has 2 fully saturated rings. The molecule has 4 heterocycles. The molecular formula is C26H34N6O4. The van der Waals surface area contributed by atoms with Crippen LogP contribution in [0.5, 0.6) is 0 Å². The van der Waals surface area contributed by atoms with Gasteiger partial charge in [0.05, 0.1) is 31.0 Å². The lowest BCUT2D eigenvalue weighted by atomic mass is 9.96. The summed E-state index contributed by atoms with van der Waals surface area (Å²) in [4.78, 5) is 39.2. The molecule has 3 amide bonds. The summed E-state index contributed by atoms with van der Waals surface area (Å²) in [6, 6.07) is 7.57. The standard InChI is InChI=1S/C26H34N6O4/c1-4-27-26(34)28-18-7-5-17(6-8-18)24-29-23-20(25(30-24)31-11-12-36-14-16(31)2)13-19-9-10-21(23)32(19)22(33)15-35-3/h5-8,16,19,21H,4,9-15H2,1-3H3,(H2,27,28,34)/t16-,19-,21+/m0/s1. The number of methoxy groups -OCH3 is 1. The van der Waals surface area contributed by atoms with Crippen molar-refractivity contribution in [3.63, 3.8) is 0 Å². The smallest absolute Gasteiger partial charge is 0.319 e. The molecule has 5 rings (SSSR count). The van der Waals surface area contributed by atoms with E-state index >= 15 is 0 Å². The fourth-order valence-corrected chi connectivity index (χ4v) is 5.57. The third-order valence-electron chi connectivity index (χ3n) is 7.21. The number of nitrogens with zero attached hydrogens (tertiary/aromatic N) is 4. The third-order valence-corrected chi connectivity index (χ3v) is 7.21. The summed E-state index contributed by atoms with van der Waals surface area (Å²) in [6.45, 7) is 6.74. The van der Waals surface area contributed by atoms with Gasteiger partial charge < -0.3 is 29.9 Å². The van der Waals surface area contributed by atoms with E-state index in [-0.39, 0.29) is 36.7 Å². The quantitative estimate of drug-likeness (QED) is 0.636. The number of ether oxygens (including phenoxy) is 2. The molecule has 2 aromatic rings. The van der Waals surface area contributed by atoms with Crippen LogP contribution in [0.4, 0.5) is 16.3 Å². The normalized spacial score (nSPS) is 22.8. The van der Waals surface area contributed by atoms with Crippen LogP contribution in [0.1, 0.15) is 44.0 Å². The monoisotopic (exact) mass is 494 g/mol. The van der Waals surface area contributed by atoms with Gasteiger partial charge in [-0.15, -0.1) is 0 Å². The van der Waals surface area contributed by atoms with Gasteiger partial charge in [0, 0.05) is 43.1 Å². The van der Waals surface area contributed by atoms with Crippen molar-refractivity contribution >= 4 is 23.4 Å². The van der Waals surface area contributed by atoms with E-state index in [1.54, 1.807) is 7.11 Å². The lowest BCUT2D eigenvalue weighted by Gasteiger charge is -2.40. The number of rotatable bonds is 6. The molecule has 3 atom stereocenters. The first-order valence-electron chi connectivity index (χ1n) is 12.7. The van der Waals surface area contributed by atoms with Crippen molar-refractivity contribution in [2.24, 2.45) is 0 Å². The minimum atomic E-state index is -0.240. The first-order valence-corrected chi connectivity index (χ1v) is 12.7. The van der Waals surface area contributed by atoms with Crippen LogP contribution in [0.3, 0.4) is 0 Å². The number of carbonyl (C=O) groups excluding carboxylic acids is 2. The lowest BCUT2D eigenvalue weighted by Crippen LogP contribution is -2.47. The van der Waals surface area contributed by atoms with E-state index in [9.17, 15) is 9.59 Å². The Morgan fingerprint density at radius 3 is 2.72 bits per heavy atom. The molecule has 2 N–H and O–H groups in total. The van der Waals surface area contributed by atoms with Crippen LogP contribution in [0, 0.1) is 0 Å². The summed E-state index contributed by atoms with van der Waals surface area (Å²) < 4.78 is 10.9. The van der Waals surface area contributed by atoms with Gasteiger partial charge in [-0.2, -0.15) is 0 Å². The highest BCUT2D eigenvalue weighted by molar-refractivity contribution is 5.89. The summed E-state index contributed by atoms with van der Waals surface area (Å²) in [5.41, 5.74) is 3.64. The van der Waals surface area contributed by atoms with Gasteiger partial charge in [-0.3, -0.25) is 4.79 Å².